The minimum atomic E-state index is -4.13. The summed E-state index contributed by atoms with van der Waals surface area (Å²) >= 11 is 0. The number of nitrogens with one attached hydrogen (secondary N) is 3. The summed E-state index contributed by atoms with van der Waals surface area (Å²) in [6, 6.07) is 2.77. The molecular formula is C36H46F2N6O9S. The van der Waals surface area contributed by atoms with Crippen molar-refractivity contribution in [3.8, 4) is 11.6 Å². The lowest BCUT2D eigenvalue weighted by Gasteiger charge is -2.30. The Balaban J connectivity index is 1.23. The molecule has 1 saturated heterocycles. The van der Waals surface area contributed by atoms with Gasteiger partial charge in [0.05, 0.1) is 35.9 Å². The molecular weight excluding hydrogens is 730 g/mol. The van der Waals surface area contributed by atoms with Crippen LogP contribution in [0.1, 0.15) is 77.3 Å². The van der Waals surface area contributed by atoms with Crippen molar-refractivity contribution in [2.45, 2.75) is 120 Å². The fraction of sp³-hybridized carbons (Fsp3) is 0.667. The summed E-state index contributed by atoms with van der Waals surface area (Å²) in [4.78, 5) is 65.7. The number of carbonyl (C=O) groups is 4. The molecule has 2 aliphatic heterocycles. The van der Waals surface area contributed by atoms with E-state index in [0.717, 1.165) is 32.1 Å². The van der Waals surface area contributed by atoms with E-state index in [1.165, 1.54) is 18.9 Å². The predicted molar refractivity (Wildman–Crippen MR) is 188 cm³/mol. The molecule has 1 aromatic heterocycles. The van der Waals surface area contributed by atoms with Crippen molar-refractivity contribution in [1.82, 2.24) is 30.2 Å². The number of fused-ring (bicyclic) bond motifs is 5. The fourth-order valence-electron chi connectivity index (χ4n) is 7.86. The standard InChI is InChI=1S/C36H46F2N6O9S/c1-4-22-28-17-44(29(22)31(45)42-36(16-23(36)30(37)38)34(47)43-54(49,50)21-11-12-21)33(46)18(2)39-35(48)53-27-14-19(27)8-6-5-7-9-25-32(52-28)41-26-15-20(51-3)10-13-24(26)40-25/h10,13,15,18-19,21-23,27-30H,4-9,11-12,14,16-17H2,1-3H3,(H,39,48)(H,42,45)(H,43,47)/t18-,19+,22+,23-,27+,28-,29-,36+/m0/s1. The number of alkyl carbamates (subject to hydrolysis) is 1. The van der Waals surface area contributed by atoms with E-state index in [9.17, 15) is 36.4 Å². The number of rotatable bonds is 8. The Morgan fingerprint density at radius 3 is 2.56 bits per heavy atom. The molecule has 5 aliphatic rings. The number of aromatic nitrogens is 2. The Morgan fingerprint density at radius 2 is 1.87 bits per heavy atom. The maximum absolute atomic E-state index is 14.4. The molecule has 3 heterocycles. The Kier molecular flexibility index (Phi) is 10.3. The lowest BCUT2D eigenvalue weighted by Crippen LogP contribution is -2.59. The molecule has 3 N–H and O–H groups in total. The molecule has 54 heavy (non-hydrogen) atoms. The van der Waals surface area contributed by atoms with Crippen LogP contribution in [0.25, 0.3) is 11.0 Å². The average Bonchev–Trinajstić information content (AvgIpc) is 4.04. The minimum absolute atomic E-state index is 0.161. The van der Waals surface area contributed by atoms with Gasteiger partial charge < -0.3 is 29.7 Å². The number of sulfonamides is 1. The largest absolute Gasteiger partial charge is 0.497 e. The zero-order valence-corrected chi connectivity index (χ0v) is 31.2. The van der Waals surface area contributed by atoms with Crippen LogP contribution in [0.3, 0.4) is 0 Å². The number of methoxy groups -OCH3 is 1. The van der Waals surface area contributed by atoms with Crippen LogP contribution < -0.4 is 24.8 Å². The van der Waals surface area contributed by atoms with Gasteiger partial charge in [-0.25, -0.2) is 32.0 Å². The third-order valence-corrected chi connectivity index (χ3v) is 13.2. The second-order valence-corrected chi connectivity index (χ2v) is 17.1. The Hall–Kier alpha value is -4.35. The number of ether oxygens (including phenoxy) is 3. The number of aryl methyl sites for hydroxylation is 1. The van der Waals surface area contributed by atoms with Crippen LogP contribution in [0.4, 0.5) is 13.6 Å². The SMILES string of the molecule is CC[C@@H]1[C@@H]2CN(C(=O)[C@H](C)NC(=O)O[C@@H]3C[C@H]3CCCCCc3nc4ccc(OC)cc4nc3O2)[C@@H]1C(=O)N[C@]1(C(=O)NS(=O)(=O)C2CC2)C[C@H]1C(F)F. The van der Waals surface area contributed by atoms with Gasteiger partial charge in [0, 0.05) is 12.0 Å². The molecule has 294 valence electrons. The van der Waals surface area contributed by atoms with Gasteiger partial charge in [-0.1, -0.05) is 19.8 Å². The van der Waals surface area contributed by atoms with E-state index >= 15 is 0 Å². The Labute approximate surface area is 311 Å². The molecule has 15 nitrogen and oxygen atoms in total. The Morgan fingerprint density at radius 1 is 1.09 bits per heavy atom. The average molecular weight is 777 g/mol. The number of halogens is 2. The molecule has 8 atom stereocenters. The summed E-state index contributed by atoms with van der Waals surface area (Å²) in [7, 11) is -2.59. The van der Waals surface area contributed by atoms with Crippen LogP contribution in [0.2, 0.25) is 0 Å². The molecule has 0 spiro atoms. The second kappa shape index (κ2) is 14.7. The van der Waals surface area contributed by atoms with Gasteiger partial charge in [0.25, 0.3) is 5.91 Å². The molecule has 3 saturated carbocycles. The third-order valence-electron chi connectivity index (χ3n) is 11.4. The maximum Gasteiger partial charge on any atom is 0.408 e. The van der Waals surface area contributed by atoms with E-state index in [4.69, 9.17) is 24.2 Å². The number of carbonyl (C=O) groups excluding carboxylic acids is 4. The summed E-state index contributed by atoms with van der Waals surface area (Å²) in [6.07, 6.45) is 0.185. The topological polar surface area (TPSA) is 195 Å². The van der Waals surface area contributed by atoms with Crippen molar-refractivity contribution in [2.24, 2.45) is 17.8 Å². The van der Waals surface area contributed by atoms with E-state index in [1.54, 1.807) is 25.1 Å². The molecule has 0 radical (unpaired) electrons. The quantitative estimate of drug-likeness (QED) is 0.357. The highest BCUT2D eigenvalue weighted by Gasteiger charge is 2.67. The number of alkyl halides is 2. The number of hydrogen-bond donors (Lipinski definition) is 3. The molecule has 18 heteroatoms. The van der Waals surface area contributed by atoms with E-state index in [0.29, 0.717) is 41.7 Å². The second-order valence-electron chi connectivity index (χ2n) is 15.2. The van der Waals surface area contributed by atoms with Crippen LogP contribution in [0, 0.1) is 17.8 Å². The predicted octanol–water partition coefficient (Wildman–Crippen LogP) is 2.99. The first kappa shape index (κ1) is 37.9. The van der Waals surface area contributed by atoms with Crippen molar-refractivity contribution in [2.75, 3.05) is 13.7 Å². The molecule has 4 fully saturated rings. The summed E-state index contributed by atoms with van der Waals surface area (Å²) in [5.74, 6) is -4.26. The monoisotopic (exact) mass is 776 g/mol. The normalized spacial score (nSPS) is 31.5. The van der Waals surface area contributed by atoms with E-state index in [1.807, 2.05) is 4.72 Å². The van der Waals surface area contributed by atoms with E-state index in [2.05, 4.69) is 10.6 Å². The zero-order chi connectivity index (χ0) is 38.5. The van der Waals surface area contributed by atoms with Gasteiger partial charge in [0.1, 0.15) is 41.3 Å². The number of nitrogens with zero attached hydrogens (tertiary/aromatic N) is 3. The highest BCUT2D eigenvalue weighted by molar-refractivity contribution is 7.91. The first-order valence-electron chi connectivity index (χ1n) is 18.7. The van der Waals surface area contributed by atoms with E-state index in [-0.39, 0.29) is 30.9 Å². The lowest BCUT2D eigenvalue weighted by atomic mass is 9.93. The van der Waals surface area contributed by atoms with Crippen molar-refractivity contribution < 1.29 is 50.6 Å². The fourth-order valence-corrected chi connectivity index (χ4v) is 9.23. The summed E-state index contributed by atoms with van der Waals surface area (Å²) in [6.45, 7) is 3.06. The maximum atomic E-state index is 14.4. The number of amides is 4. The van der Waals surface area contributed by atoms with Crippen LogP contribution in [0.5, 0.6) is 11.6 Å². The van der Waals surface area contributed by atoms with Crippen LogP contribution in [0.15, 0.2) is 18.2 Å². The summed E-state index contributed by atoms with van der Waals surface area (Å²) in [5.41, 5.74) is -0.496. The molecule has 1 aromatic carbocycles. The van der Waals surface area contributed by atoms with Crippen molar-refractivity contribution in [3.05, 3.63) is 23.9 Å². The molecule has 3 aliphatic carbocycles. The van der Waals surface area contributed by atoms with Gasteiger partial charge in [0.15, 0.2) is 0 Å². The third kappa shape index (κ3) is 7.62. The first-order valence-corrected chi connectivity index (χ1v) is 20.2. The summed E-state index contributed by atoms with van der Waals surface area (Å²) < 4.78 is 73.1. The molecule has 4 amide bonds. The van der Waals surface area contributed by atoms with E-state index < -0.39 is 87.5 Å². The van der Waals surface area contributed by atoms with Gasteiger partial charge in [-0.3, -0.25) is 19.1 Å². The van der Waals surface area contributed by atoms with Crippen LogP contribution >= 0.6 is 0 Å². The minimum Gasteiger partial charge on any atom is -0.497 e. The number of benzene rings is 1. The first-order chi connectivity index (χ1) is 25.7. The van der Waals surface area contributed by atoms with Gasteiger partial charge >= 0.3 is 6.09 Å². The van der Waals surface area contributed by atoms with Crippen LogP contribution in [-0.4, -0.2) is 102 Å². The number of hydrogen-bond acceptors (Lipinski definition) is 11. The zero-order valence-electron chi connectivity index (χ0n) is 30.4. The molecule has 0 unspecified atom stereocenters. The van der Waals surface area contributed by atoms with Gasteiger partial charge in [-0.2, -0.15) is 0 Å². The molecule has 2 aromatic rings. The Bertz CT molecular complexity index is 1930. The van der Waals surface area contributed by atoms with Crippen molar-refractivity contribution in [3.63, 3.8) is 0 Å². The van der Waals surface area contributed by atoms with Gasteiger partial charge in [-0.05, 0) is 76.3 Å². The van der Waals surface area contributed by atoms with Gasteiger partial charge in [-0.15, -0.1) is 0 Å². The molecule has 2 bridgehead atoms. The highest BCUT2D eigenvalue weighted by Crippen LogP contribution is 2.49. The van der Waals surface area contributed by atoms with Crippen molar-refractivity contribution in [1.29, 1.82) is 0 Å². The van der Waals surface area contributed by atoms with Gasteiger partial charge in [0.2, 0.25) is 34.1 Å². The highest BCUT2D eigenvalue weighted by atomic mass is 32.2. The smallest absolute Gasteiger partial charge is 0.408 e. The lowest BCUT2D eigenvalue weighted by molar-refractivity contribution is -0.142. The molecule has 7 rings (SSSR count). The summed E-state index contributed by atoms with van der Waals surface area (Å²) in [5, 5.41) is 4.22. The van der Waals surface area contributed by atoms with Crippen LogP contribution in [-0.2, 0) is 35.6 Å². The van der Waals surface area contributed by atoms with Crippen molar-refractivity contribution >= 4 is 44.9 Å².